The summed E-state index contributed by atoms with van der Waals surface area (Å²) >= 11 is 0. The zero-order chi connectivity index (χ0) is 18.8. The van der Waals surface area contributed by atoms with Gasteiger partial charge in [-0.3, -0.25) is 9.89 Å². The molecule has 0 radical (unpaired) electrons. The Morgan fingerprint density at radius 3 is 2.44 bits per heavy atom. The average Bonchev–Trinajstić information content (AvgIpc) is 3.32. The molecule has 1 N–H and O–H groups in total. The van der Waals surface area contributed by atoms with Gasteiger partial charge in [0.25, 0.3) is 5.91 Å². The molecule has 2 aromatic carbocycles. The molecule has 1 saturated heterocycles. The fourth-order valence-electron chi connectivity index (χ4n) is 3.56. The molecule has 1 aromatic heterocycles. The number of halogens is 2. The van der Waals surface area contributed by atoms with Gasteiger partial charge in [0.2, 0.25) is 0 Å². The number of amides is 1. The fourth-order valence-corrected chi connectivity index (χ4v) is 3.56. The highest BCUT2D eigenvalue weighted by Crippen LogP contribution is 2.25. The molecule has 0 spiro atoms. The van der Waals surface area contributed by atoms with Gasteiger partial charge in [-0.2, -0.15) is 5.10 Å². The second-order valence-electron chi connectivity index (χ2n) is 6.79. The number of carbonyl (C=O) groups is 1. The van der Waals surface area contributed by atoms with Crippen molar-refractivity contribution in [3.8, 4) is 11.3 Å². The van der Waals surface area contributed by atoms with Crippen LogP contribution in [0, 0.1) is 11.6 Å². The Kier molecular flexibility index (Phi) is 4.71. The van der Waals surface area contributed by atoms with Crippen molar-refractivity contribution in [1.29, 1.82) is 0 Å². The standard InChI is InChI=1S/C21H19F2N3O/c22-16-7-3-14(4-8-16)20-13-18(24-25-20)12-19-2-1-11-26(19)21(27)15-5-9-17(23)10-6-15/h3-10,13,19H,1-2,11-12H2,(H,24,25). The van der Waals surface area contributed by atoms with Gasteiger partial charge in [0.1, 0.15) is 11.6 Å². The molecular formula is C21H19F2N3O. The summed E-state index contributed by atoms with van der Waals surface area (Å²) in [6.07, 6.45) is 2.52. The number of hydrogen-bond donors (Lipinski definition) is 1. The van der Waals surface area contributed by atoms with Gasteiger partial charge in [0, 0.05) is 35.8 Å². The molecule has 1 amide bonds. The van der Waals surface area contributed by atoms with E-state index in [2.05, 4.69) is 10.2 Å². The number of likely N-dealkylation sites (tertiary alicyclic amines) is 1. The molecule has 1 aliphatic heterocycles. The van der Waals surface area contributed by atoms with E-state index >= 15 is 0 Å². The van der Waals surface area contributed by atoms with Crippen molar-refractivity contribution in [1.82, 2.24) is 15.1 Å². The number of benzene rings is 2. The first-order valence-electron chi connectivity index (χ1n) is 8.97. The topological polar surface area (TPSA) is 49.0 Å². The molecule has 0 saturated carbocycles. The van der Waals surface area contributed by atoms with Crippen molar-refractivity contribution in [3.05, 3.63) is 77.5 Å². The van der Waals surface area contributed by atoms with Crippen LogP contribution in [-0.2, 0) is 6.42 Å². The predicted molar refractivity (Wildman–Crippen MR) is 98.1 cm³/mol. The molecule has 1 aliphatic rings. The van der Waals surface area contributed by atoms with E-state index in [9.17, 15) is 13.6 Å². The highest BCUT2D eigenvalue weighted by molar-refractivity contribution is 5.94. The van der Waals surface area contributed by atoms with E-state index in [4.69, 9.17) is 0 Å². The first kappa shape index (κ1) is 17.4. The minimum Gasteiger partial charge on any atom is -0.335 e. The number of aromatic amines is 1. The van der Waals surface area contributed by atoms with E-state index in [0.717, 1.165) is 29.8 Å². The highest BCUT2D eigenvalue weighted by Gasteiger charge is 2.30. The summed E-state index contributed by atoms with van der Waals surface area (Å²) in [5.74, 6) is -0.707. The first-order valence-corrected chi connectivity index (χ1v) is 8.97. The number of nitrogens with one attached hydrogen (secondary N) is 1. The van der Waals surface area contributed by atoms with E-state index in [1.165, 1.54) is 36.4 Å². The Hall–Kier alpha value is -3.02. The smallest absolute Gasteiger partial charge is 0.254 e. The third-order valence-corrected chi connectivity index (χ3v) is 4.96. The monoisotopic (exact) mass is 367 g/mol. The van der Waals surface area contributed by atoms with E-state index in [1.54, 1.807) is 12.1 Å². The Morgan fingerprint density at radius 1 is 1.07 bits per heavy atom. The van der Waals surface area contributed by atoms with E-state index in [1.807, 2.05) is 11.0 Å². The molecule has 4 nitrogen and oxygen atoms in total. The fraction of sp³-hybridized carbons (Fsp3) is 0.238. The van der Waals surface area contributed by atoms with Gasteiger partial charge in [0.05, 0.1) is 5.69 Å². The summed E-state index contributed by atoms with van der Waals surface area (Å²) in [5.41, 5.74) is 3.02. The van der Waals surface area contributed by atoms with E-state index < -0.39 is 0 Å². The molecule has 3 aromatic rings. The zero-order valence-electron chi connectivity index (χ0n) is 14.7. The molecular weight excluding hydrogens is 348 g/mol. The summed E-state index contributed by atoms with van der Waals surface area (Å²) in [5, 5.41) is 7.32. The first-order chi connectivity index (χ1) is 13.1. The van der Waals surface area contributed by atoms with Crippen LogP contribution in [0.4, 0.5) is 8.78 Å². The Balaban J connectivity index is 1.48. The summed E-state index contributed by atoms with van der Waals surface area (Å²) in [7, 11) is 0. The second kappa shape index (κ2) is 7.31. The summed E-state index contributed by atoms with van der Waals surface area (Å²) < 4.78 is 26.2. The van der Waals surface area contributed by atoms with Gasteiger partial charge < -0.3 is 4.90 Å². The lowest BCUT2D eigenvalue weighted by Gasteiger charge is -2.24. The van der Waals surface area contributed by atoms with Crippen LogP contribution < -0.4 is 0 Å². The van der Waals surface area contributed by atoms with Gasteiger partial charge in [0.15, 0.2) is 0 Å². The number of nitrogens with zero attached hydrogens (tertiary/aromatic N) is 2. The van der Waals surface area contributed by atoms with Gasteiger partial charge in [-0.15, -0.1) is 0 Å². The quantitative estimate of drug-likeness (QED) is 0.751. The van der Waals surface area contributed by atoms with Gasteiger partial charge in [-0.25, -0.2) is 8.78 Å². The summed E-state index contributed by atoms with van der Waals surface area (Å²) in [4.78, 5) is 14.6. The predicted octanol–water partition coefficient (Wildman–Crippen LogP) is 4.20. The van der Waals surface area contributed by atoms with Crippen molar-refractivity contribution in [3.63, 3.8) is 0 Å². The minimum absolute atomic E-state index is 0.0732. The molecule has 2 heterocycles. The normalized spacial score (nSPS) is 16.7. The number of hydrogen-bond acceptors (Lipinski definition) is 2. The third kappa shape index (κ3) is 3.74. The molecule has 138 valence electrons. The second-order valence-corrected chi connectivity index (χ2v) is 6.79. The Labute approximate surface area is 155 Å². The largest absolute Gasteiger partial charge is 0.335 e. The maximum atomic E-state index is 13.1. The average molecular weight is 367 g/mol. The van der Waals surface area contributed by atoms with Crippen LogP contribution in [0.25, 0.3) is 11.3 Å². The minimum atomic E-state index is -0.352. The summed E-state index contributed by atoms with van der Waals surface area (Å²) in [6, 6.07) is 13.9. The lowest BCUT2D eigenvalue weighted by Crippen LogP contribution is -2.36. The number of H-pyrrole nitrogens is 1. The summed E-state index contributed by atoms with van der Waals surface area (Å²) in [6.45, 7) is 0.694. The van der Waals surface area contributed by atoms with Crippen molar-refractivity contribution >= 4 is 5.91 Å². The zero-order valence-corrected chi connectivity index (χ0v) is 14.7. The van der Waals surface area contributed by atoms with Crippen LogP contribution in [0.3, 0.4) is 0 Å². The Bertz CT molecular complexity index is 935. The van der Waals surface area contributed by atoms with Gasteiger partial charge in [-0.1, -0.05) is 0 Å². The third-order valence-electron chi connectivity index (χ3n) is 4.96. The lowest BCUT2D eigenvalue weighted by atomic mass is 10.1. The maximum Gasteiger partial charge on any atom is 0.254 e. The van der Waals surface area contributed by atoms with E-state index in [0.29, 0.717) is 18.5 Å². The molecule has 1 atom stereocenters. The maximum absolute atomic E-state index is 13.1. The van der Waals surface area contributed by atoms with Crippen molar-refractivity contribution in [2.24, 2.45) is 0 Å². The van der Waals surface area contributed by atoms with Gasteiger partial charge >= 0.3 is 0 Å². The molecule has 1 unspecified atom stereocenters. The van der Waals surface area contributed by atoms with Crippen molar-refractivity contribution in [2.75, 3.05) is 6.54 Å². The van der Waals surface area contributed by atoms with Crippen molar-refractivity contribution in [2.45, 2.75) is 25.3 Å². The van der Waals surface area contributed by atoms with Gasteiger partial charge in [-0.05, 0) is 67.4 Å². The van der Waals surface area contributed by atoms with Crippen LogP contribution in [0.2, 0.25) is 0 Å². The number of carbonyl (C=O) groups excluding carboxylic acids is 1. The van der Waals surface area contributed by atoms with E-state index in [-0.39, 0.29) is 23.6 Å². The van der Waals surface area contributed by atoms with Crippen molar-refractivity contribution < 1.29 is 13.6 Å². The number of aromatic nitrogens is 2. The van der Waals surface area contributed by atoms with Crippen LogP contribution in [0.1, 0.15) is 28.9 Å². The number of rotatable bonds is 4. The molecule has 0 aliphatic carbocycles. The molecule has 4 rings (SSSR count). The molecule has 0 bridgehead atoms. The molecule has 27 heavy (non-hydrogen) atoms. The SMILES string of the molecule is O=C(c1ccc(F)cc1)N1CCCC1Cc1cc(-c2ccc(F)cc2)n[nH]1. The lowest BCUT2D eigenvalue weighted by molar-refractivity contribution is 0.0736. The highest BCUT2D eigenvalue weighted by atomic mass is 19.1. The van der Waals surface area contributed by atoms with Crippen LogP contribution in [-0.4, -0.2) is 33.6 Å². The molecule has 6 heteroatoms. The Morgan fingerprint density at radius 2 is 1.74 bits per heavy atom. The van der Waals surface area contributed by atoms with Crippen LogP contribution in [0.15, 0.2) is 54.6 Å². The van der Waals surface area contributed by atoms with Crippen LogP contribution >= 0.6 is 0 Å². The van der Waals surface area contributed by atoms with Crippen LogP contribution in [0.5, 0.6) is 0 Å². The molecule has 1 fully saturated rings.